The molecule has 1 saturated carbocycles. The van der Waals surface area contributed by atoms with Crippen LogP contribution in [-0.4, -0.2) is 4.98 Å². The highest BCUT2D eigenvalue weighted by Crippen LogP contribution is 2.39. The topological polar surface area (TPSA) is 24.9 Å². The Kier molecular flexibility index (Phi) is 1.27. The maximum atomic E-state index is 4.47. The Morgan fingerprint density at radius 2 is 2.08 bits per heavy atom. The average Bonchev–Trinajstić information content (AvgIpc) is 2.84. The van der Waals surface area contributed by atoms with E-state index in [0.29, 0.717) is 0 Å². The van der Waals surface area contributed by atoms with E-state index in [9.17, 15) is 0 Å². The number of nitrogens with zero attached hydrogens (tertiary/aromatic N) is 1. The molecule has 2 nitrogen and oxygen atoms in total. The summed E-state index contributed by atoms with van der Waals surface area (Å²) in [6, 6.07) is 2.28. The largest absolute Gasteiger partial charge is 0.309 e. The molecule has 12 heavy (non-hydrogen) atoms. The van der Waals surface area contributed by atoms with Crippen LogP contribution >= 0.6 is 0 Å². The molecular weight excluding hydrogens is 148 g/mol. The summed E-state index contributed by atoms with van der Waals surface area (Å²) < 4.78 is 0. The summed E-state index contributed by atoms with van der Waals surface area (Å²) in [6.07, 6.45) is 4.74. The summed E-state index contributed by atoms with van der Waals surface area (Å²) in [5, 5.41) is 3.33. The lowest BCUT2D eigenvalue weighted by Crippen LogP contribution is -1.99. The molecular formula is C10H12N2. The molecule has 0 saturated heterocycles. The van der Waals surface area contributed by atoms with E-state index in [1.54, 1.807) is 0 Å². The van der Waals surface area contributed by atoms with Crippen LogP contribution in [-0.2, 0) is 13.1 Å². The number of pyridine rings is 1. The third kappa shape index (κ3) is 0.950. The van der Waals surface area contributed by atoms with Gasteiger partial charge in [0.25, 0.3) is 0 Å². The molecule has 1 aliphatic heterocycles. The van der Waals surface area contributed by atoms with E-state index in [0.717, 1.165) is 19.0 Å². The molecule has 1 aromatic rings. The highest BCUT2D eigenvalue weighted by Gasteiger charge is 2.25. The van der Waals surface area contributed by atoms with Gasteiger partial charge in [0.2, 0.25) is 0 Å². The van der Waals surface area contributed by atoms with Crippen molar-refractivity contribution in [2.75, 3.05) is 0 Å². The van der Waals surface area contributed by atoms with Gasteiger partial charge in [0.05, 0.1) is 0 Å². The van der Waals surface area contributed by atoms with Gasteiger partial charge in [0.1, 0.15) is 0 Å². The minimum Gasteiger partial charge on any atom is -0.309 e. The molecule has 0 aromatic carbocycles. The van der Waals surface area contributed by atoms with Crippen molar-refractivity contribution in [3.8, 4) is 0 Å². The molecule has 0 atom stereocenters. The molecule has 0 unspecified atom stereocenters. The van der Waals surface area contributed by atoms with Crippen LogP contribution in [0.4, 0.5) is 0 Å². The summed E-state index contributed by atoms with van der Waals surface area (Å²) in [5.74, 6) is 0.788. The number of fused-ring (bicyclic) bond motifs is 1. The second-order valence-electron chi connectivity index (χ2n) is 3.76. The molecule has 2 heterocycles. The van der Waals surface area contributed by atoms with Gasteiger partial charge in [-0.1, -0.05) is 0 Å². The van der Waals surface area contributed by atoms with Crippen molar-refractivity contribution in [3.05, 3.63) is 29.1 Å². The van der Waals surface area contributed by atoms with Crippen molar-refractivity contribution < 1.29 is 0 Å². The first-order valence-corrected chi connectivity index (χ1v) is 4.62. The standard InChI is InChI=1S/C10H12N2/c1-2-7(1)10-3-8-4-11-5-9(8)6-12-10/h3,6-7,11H,1-2,4-5H2. The SMILES string of the molecule is c1nc(C2CC2)cc2c1CNC2. The van der Waals surface area contributed by atoms with E-state index in [-0.39, 0.29) is 0 Å². The highest BCUT2D eigenvalue weighted by molar-refractivity contribution is 5.32. The van der Waals surface area contributed by atoms with Gasteiger partial charge < -0.3 is 5.32 Å². The van der Waals surface area contributed by atoms with Gasteiger partial charge in [-0.2, -0.15) is 0 Å². The predicted molar refractivity (Wildman–Crippen MR) is 46.8 cm³/mol. The zero-order valence-corrected chi connectivity index (χ0v) is 7.01. The first-order chi connectivity index (χ1) is 5.93. The van der Waals surface area contributed by atoms with E-state index in [1.165, 1.54) is 29.7 Å². The second kappa shape index (κ2) is 2.30. The second-order valence-corrected chi connectivity index (χ2v) is 3.76. The van der Waals surface area contributed by atoms with E-state index in [4.69, 9.17) is 0 Å². The van der Waals surface area contributed by atoms with Crippen molar-refractivity contribution >= 4 is 0 Å². The van der Waals surface area contributed by atoms with Crippen LogP contribution in [0.15, 0.2) is 12.3 Å². The summed E-state index contributed by atoms with van der Waals surface area (Å²) in [5.41, 5.74) is 4.17. The molecule has 0 bridgehead atoms. The van der Waals surface area contributed by atoms with Gasteiger partial charge >= 0.3 is 0 Å². The van der Waals surface area contributed by atoms with Crippen molar-refractivity contribution in [3.63, 3.8) is 0 Å². The third-order valence-electron chi connectivity index (χ3n) is 2.73. The lowest BCUT2D eigenvalue weighted by atomic mass is 10.1. The van der Waals surface area contributed by atoms with Gasteiger partial charge in [-0.3, -0.25) is 4.98 Å². The van der Waals surface area contributed by atoms with Crippen LogP contribution < -0.4 is 5.32 Å². The summed E-state index contributed by atoms with van der Waals surface area (Å²) in [6.45, 7) is 2.05. The summed E-state index contributed by atoms with van der Waals surface area (Å²) in [7, 11) is 0. The van der Waals surface area contributed by atoms with Gasteiger partial charge in [-0.05, 0) is 30.0 Å². The highest BCUT2D eigenvalue weighted by atomic mass is 14.9. The molecule has 1 aliphatic carbocycles. The number of hydrogen-bond donors (Lipinski definition) is 1. The number of rotatable bonds is 1. The quantitative estimate of drug-likeness (QED) is 0.674. The number of hydrogen-bond acceptors (Lipinski definition) is 2. The summed E-state index contributed by atoms with van der Waals surface area (Å²) >= 11 is 0. The molecule has 1 aromatic heterocycles. The van der Waals surface area contributed by atoms with E-state index >= 15 is 0 Å². The molecule has 3 rings (SSSR count). The van der Waals surface area contributed by atoms with Crippen LogP contribution in [0.3, 0.4) is 0 Å². The fourth-order valence-electron chi connectivity index (χ4n) is 1.80. The lowest BCUT2D eigenvalue weighted by Gasteiger charge is -2.00. The van der Waals surface area contributed by atoms with Crippen LogP contribution in [0.2, 0.25) is 0 Å². The minimum atomic E-state index is 0.788. The first-order valence-electron chi connectivity index (χ1n) is 4.62. The van der Waals surface area contributed by atoms with Crippen molar-refractivity contribution in [1.29, 1.82) is 0 Å². The van der Waals surface area contributed by atoms with Gasteiger partial charge in [0, 0.05) is 30.9 Å². The molecule has 1 fully saturated rings. The average molecular weight is 160 g/mol. The molecule has 0 spiro atoms. The van der Waals surface area contributed by atoms with Crippen molar-refractivity contribution in [2.45, 2.75) is 31.8 Å². The van der Waals surface area contributed by atoms with Gasteiger partial charge in [-0.15, -0.1) is 0 Å². The van der Waals surface area contributed by atoms with E-state index in [2.05, 4.69) is 16.4 Å². The monoisotopic (exact) mass is 160 g/mol. The number of aromatic nitrogens is 1. The van der Waals surface area contributed by atoms with Crippen molar-refractivity contribution in [1.82, 2.24) is 10.3 Å². The maximum absolute atomic E-state index is 4.47. The first kappa shape index (κ1) is 6.61. The van der Waals surface area contributed by atoms with Gasteiger partial charge in [0.15, 0.2) is 0 Å². The zero-order chi connectivity index (χ0) is 7.97. The molecule has 2 aliphatic rings. The fourth-order valence-corrected chi connectivity index (χ4v) is 1.80. The van der Waals surface area contributed by atoms with Crippen LogP contribution in [0.1, 0.15) is 35.6 Å². The molecule has 0 radical (unpaired) electrons. The Labute approximate surface area is 72.0 Å². The van der Waals surface area contributed by atoms with Crippen LogP contribution in [0.5, 0.6) is 0 Å². The Morgan fingerprint density at radius 1 is 1.25 bits per heavy atom. The smallest absolute Gasteiger partial charge is 0.0437 e. The summed E-state index contributed by atoms with van der Waals surface area (Å²) in [4.78, 5) is 4.47. The van der Waals surface area contributed by atoms with E-state index in [1.807, 2.05) is 6.20 Å². The predicted octanol–water partition coefficient (Wildman–Crippen LogP) is 1.56. The Morgan fingerprint density at radius 3 is 2.92 bits per heavy atom. The fraction of sp³-hybridized carbons (Fsp3) is 0.500. The van der Waals surface area contributed by atoms with Gasteiger partial charge in [-0.25, -0.2) is 0 Å². The van der Waals surface area contributed by atoms with Crippen LogP contribution in [0.25, 0.3) is 0 Å². The zero-order valence-electron chi connectivity index (χ0n) is 7.01. The normalized spacial score (nSPS) is 21.0. The third-order valence-corrected chi connectivity index (χ3v) is 2.73. The molecule has 1 N–H and O–H groups in total. The molecule has 62 valence electrons. The Hall–Kier alpha value is -0.890. The van der Waals surface area contributed by atoms with Crippen LogP contribution in [0, 0.1) is 0 Å². The molecule has 2 heteroatoms. The van der Waals surface area contributed by atoms with E-state index < -0.39 is 0 Å². The molecule has 0 amide bonds. The minimum absolute atomic E-state index is 0.788. The lowest BCUT2D eigenvalue weighted by molar-refractivity contribution is 0.764. The van der Waals surface area contributed by atoms with Crippen molar-refractivity contribution in [2.24, 2.45) is 0 Å². The Balaban J connectivity index is 2.03. The number of nitrogens with one attached hydrogen (secondary N) is 1. The maximum Gasteiger partial charge on any atom is 0.0437 e. The Bertz CT molecular complexity index is 316.